The summed E-state index contributed by atoms with van der Waals surface area (Å²) in [7, 11) is 7.36. The molecule has 2 aromatic rings. The third-order valence-corrected chi connectivity index (χ3v) is 4.28. The summed E-state index contributed by atoms with van der Waals surface area (Å²) >= 11 is 0. The Morgan fingerprint density at radius 1 is 0.714 bits per heavy atom. The standard InChI is InChI=1S/C21H24O7/c1-24-17-7-6-13(9-18(17)25-2)8-16(22)15-12-20(27-4)19(26-3)10-14(15)11-21(23)28-5/h6-7,9-10,12H,8,11H2,1-5H3. The molecular formula is C21H24O7. The second kappa shape index (κ2) is 9.64. The molecule has 0 bridgehead atoms. The van der Waals surface area contributed by atoms with Gasteiger partial charge in [0, 0.05) is 12.0 Å². The molecule has 0 amide bonds. The fourth-order valence-electron chi connectivity index (χ4n) is 2.83. The highest BCUT2D eigenvalue weighted by atomic mass is 16.5. The summed E-state index contributed by atoms with van der Waals surface area (Å²) in [6.07, 6.45) is 0.0634. The van der Waals surface area contributed by atoms with Gasteiger partial charge in [-0.25, -0.2) is 0 Å². The maximum atomic E-state index is 13.0. The smallest absolute Gasteiger partial charge is 0.310 e. The van der Waals surface area contributed by atoms with Gasteiger partial charge in [0.1, 0.15) is 0 Å². The molecule has 0 aliphatic heterocycles. The number of hydrogen-bond acceptors (Lipinski definition) is 7. The van der Waals surface area contributed by atoms with Crippen molar-refractivity contribution in [2.45, 2.75) is 12.8 Å². The molecule has 0 heterocycles. The Bertz CT molecular complexity index is 858. The van der Waals surface area contributed by atoms with Crippen LogP contribution in [-0.2, 0) is 22.4 Å². The number of esters is 1. The molecule has 2 rings (SSSR count). The van der Waals surface area contributed by atoms with Crippen LogP contribution in [0, 0.1) is 0 Å². The van der Waals surface area contributed by atoms with Gasteiger partial charge in [0.2, 0.25) is 0 Å². The summed E-state index contributed by atoms with van der Waals surface area (Å²) in [6, 6.07) is 8.49. The van der Waals surface area contributed by atoms with E-state index in [0.29, 0.717) is 34.1 Å². The molecule has 150 valence electrons. The molecule has 0 aliphatic rings. The van der Waals surface area contributed by atoms with Gasteiger partial charge in [-0.2, -0.15) is 0 Å². The van der Waals surface area contributed by atoms with Gasteiger partial charge in [-0.15, -0.1) is 0 Å². The molecule has 0 N–H and O–H groups in total. The van der Waals surface area contributed by atoms with Crippen LogP contribution in [0.25, 0.3) is 0 Å². The van der Waals surface area contributed by atoms with Gasteiger partial charge in [-0.3, -0.25) is 9.59 Å². The zero-order valence-corrected chi connectivity index (χ0v) is 16.7. The Morgan fingerprint density at radius 2 is 1.29 bits per heavy atom. The molecular weight excluding hydrogens is 364 g/mol. The van der Waals surface area contributed by atoms with Crippen molar-refractivity contribution in [3.05, 3.63) is 47.0 Å². The first-order valence-electron chi connectivity index (χ1n) is 8.53. The number of methoxy groups -OCH3 is 5. The summed E-state index contributed by atoms with van der Waals surface area (Å²) < 4.78 is 25.8. The van der Waals surface area contributed by atoms with Crippen molar-refractivity contribution in [2.24, 2.45) is 0 Å². The van der Waals surface area contributed by atoms with Crippen LogP contribution in [0.3, 0.4) is 0 Å². The lowest BCUT2D eigenvalue weighted by Gasteiger charge is -2.14. The van der Waals surface area contributed by atoms with Crippen molar-refractivity contribution in [3.63, 3.8) is 0 Å². The van der Waals surface area contributed by atoms with Gasteiger partial charge in [0.05, 0.1) is 42.0 Å². The number of Topliss-reactive ketones (excluding diaryl/α,β-unsaturated/α-hetero) is 1. The second-order valence-corrected chi connectivity index (χ2v) is 5.91. The first kappa shape index (κ1) is 21.1. The van der Waals surface area contributed by atoms with E-state index >= 15 is 0 Å². The molecule has 0 unspecified atom stereocenters. The van der Waals surface area contributed by atoms with E-state index in [4.69, 9.17) is 23.7 Å². The maximum absolute atomic E-state index is 13.0. The summed E-state index contributed by atoms with van der Waals surface area (Å²) in [6.45, 7) is 0. The van der Waals surface area contributed by atoms with E-state index in [-0.39, 0.29) is 18.6 Å². The molecule has 0 radical (unpaired) electrons. The van der Waals surface area contributed by atoms with E-state index in [1.807, 2.05) is 0 Å². The molecule has 0 spiro atoms. The lowest BCUT2D eigenvalue weighted by atomic mass is 9.96. The molecule has 0 aromatic heterocycles. The SMILES string of the molecule is COC(=O)Cc1cc(OC)c(OC)cc1C(=O)Cc1ccc(OC)c(OC)c1. The number of carbonyl (C=O) groups excluding carboxylic acids is 2. The zero-order valence-electron chi connectivity index (χ0n) is 16.7. The van der Waals surface area contributed by atoms with Crippen LogP contribution in [0.5, 0.6) is 23.0 Å². The average molecular weight is 388 g/mol. The van der Waals surface area contributed by atoms with Crippen molar-refractivity contribution in [3.8, 4) is 23.0 Å². The van der Waals surface area contributed by atoms with Crippen LogP contribution in [-0.4, -0.2) is 47.3 Å². The molecule has 2 aromatic carbocycles. The number of rotatable bonds is 9. The van der Waals surface area contributed by atoms with Crippen molar-refractivity contribution >= 4 is 11.8 Å². The predicted octanol–water partition coefficient (Wildman–Crippen LogP) is 2.86. The summed E-state index contributed by atoms with van der Waals surface area (Å²) in [4.78, 5) is 24.8. The van der Waals surface area contributed by atoms with Crippen molar-refractivity contribution in [2.75, 3.05) is 35.5 Å². The second-order valence-electron chi connectivity index (χ2n) is 5.91. The average Bonchev–Trinajstić information content (AvgIpc) is 2.72. The van der Waals surface area contributed by atoms with Gasteiger partial charge in [-0.1, -0.05) is 6.07 Å². The highest BCUT2D eigenvalue weighted by Crippen LogP contribution is 2.32. The van der Waals surface area contributed by atoms with E-state index in [9.17, 15) is 9.59 Å². The lowest BCUT2D eigenvalue weighted by molar-refractivity contribution is -0.139. The van der Waals surface area contributed by atoms with Crippen LogP contribution in [0.2, 0.25) is 0 Å². The van der Waals surface area contributed by atoms with Crippen LogP contribution in [0.1, 0.15) is 21.5 Å². The Morgan fingerprint density at radius 3 is 1.86 bits per heavy atom. The van der Waals surface area contributed by atoms with E-state index in [0.717, 1.165) is 5.56 Å². The Labute approximate surface area is 164 Å². The molecule has 0 atom stereocenters. The fourth-order valence-corrected chi connectivity index (χ4v) is 2.83. The van der Waals surface area contributed by atoms with Gasteiger partial charge in [0.15, 0.2) is 28.8 Å². The minimum atomic E-state index is -0.451. The highest BCUT2D eigenvalue weighted by Gasteiger charge is 2.20. The van der Waals surface area contributed by atoms with Crippen LogP contribution >= 0.6 is 0 Å². The molecule has 7 heteroatoms. The molecule has 0 aliphatic carbocycles. The van der Waals surface area contributed by atoms with Gasteiger partial charge in [-0.05, 0) is 35.4 Å². The van der Waals surface area contributed by atoms with E-state index in [2.05, 4.69) is 0 Å². The van der Waals surface area contributed by atoms with Crippen molar-refractivity contribution in [1.29, 1.82) is 0 Å². The third-order valence-electron chi connectivity index (χ3n) is 4.28. The van der Waals surface area contributed by atoms with Gasteiger partial charge >= 0.3 is 5.97 Å². The zero-order chi connectivity index (χ0) is 20.7. The first-order valence-corrected chi connectivity index (χ1v) is 8.53. The minimum absolute atomic E-state index is 0.0517. The molecule has 0 fully saturated rings. The number of carbonyl (C=O) groups is 2. The normalized spacial score (nSPS) is 10.2. The van der Waals surface area contributed by atoms with Gasteiger partial charge < -0.3 is 23.7 Å². The fraction of sp³-hybridized carbons (Fsp3) is 0.333. The van der Waals surface area contributed by atoms with Crippen molar-refractivity contribution < 1.29 is 33.3 Å². The topological polar surface area (TPSA) is 80.3 Å². The molecule has 0 saturated carbocycles. The Balaban J connectivity index is 2.41. The molecule has 28 heavy (non-hydrogen) atoms. The Hall–Kier alpha value is -3.22. The number of hydrogen-bond donors (Lipinski definition) is 0. The van der Waals surface area contributed by atoms with E-state index < -0.39 is 5.97 Å². The Kier molecular flexibility index (Phi) is 7.26. The van der Waals surface area contributed by atoms with Gasteiger partial charge in [0.25, 0.3) is 0 Å². The molecule has 7 nitrogen and oxygen atoms in total. The molecule has 0 saturated heterocycles. The number of ether oxygens (including phenoxy) is 5. The third kappa shape index (κ3) is 4.73. The summed E-state index contributed by atoms with van der Waals surface area (Å²) in [5.41, 5.74) is 1.63. The number of ketones is 1. The summed E-state index contributed by atoms with van der Waals surface area (Å²) in [5, 5.41) is 0. The van der Waals surface area contributed by atoms with Crippen LogP contribution in [0.4, 0.5) is 0 Å². The van der Waals surface area contributed by atoms with Crippen molar-refractivity contribution in [1.82, 2.24) is 0 Å². The first-order chi connectivity index (χ1) is 13.5. The minimum Gasteiger partial charge on any atom is -0.493 e. The van der Waals surface area contributed by atoms with Crippen LogP contribution in [0.15, 0.2) is 30.3 Å². The lowest BCUT2D eigenvalue weighted by Crippen LogP contribution is -2.13. The summed E-state index contributed by atoms with van der Waals surface area (Å²) in [5.74, 6) is 1.33. The monoisotopic (exact) mass is 388 g/mol. The van der Waals surface area contributed by atoms with Crippen LogP contribution < -0.4 is 18.9 Å². The quantitative estimate of drug-likeness (QED) is 0.483. The number of benzene rings is 2. The maximum Gasteiger partial charge on any atom is 0.310 e. The van der Waals surface area contributed by atoms with E-state index in [1.54, 1.807) is 37.4 Å². The highest BCUT2D eigenvalue weighted by molar-refractivity contribution is 6.00. The van der Waals surface area contributed by atoms with E-state index in [1.165, 1.54) is 28.4 Å². The predicted molar refractivity (Wildman–Crippen MR) is 103 cm³/mol. The largest absolute Gasteiger partial charge is 0.493 e.